The van der Waals surface area contributed by atoms with Crippen LogP contribution in [0, 0.1) is 0 Å². The van der Waals surface area contributed by atoms with Crippen LogP contribution < -0.4 is 10.6 Å². The molecule has 2 N–H and O–H groups in total. The lowest BCUT2D eigenvalue weighted by molar-refractivity contribution is 0.146. The average Bonchev–Trinajstić information content (AvgIpc) is 3.11. The van der Waals surface area contributed by atoms with Crippen molar-refractivity contribution in [2.75, 3.05) is 39.4 Å². The molecule has 0 spiro atoms. The molecule has 1 rings (SSSR count). The summed E-state index contributed by atoms with van der Waals surface area (Å²) in [4.78, 5) is 7.18. The fourth-order valence-corrected chi connectivity index (χ4v) is 3.13. The Labute approximate surface area is 194 Å². The molecule has 0 saturated carbocycles. The van der Waals surface area contributed by atoms with E-state index in [1.54, 1.807) is 6.33 Å². The van der Waals surface area contributed by atoms with Crippen molar-refractivity contribution in [3.05, 3.63) is 12.2 Å². The fraction of sp³-hybridized carbons (Fsp3) is 0.850. The number of guanidine groups is 1. The summed E-state index contributed by atoms with van der Waals surface area (Å²) in [6.45, 7) is 18.8. The van der Waals surface area contributed by atoms with Gasteiger partial charge in [0.15, 0.2) is 5.96 Å². The highest BCUT2D eigenvalue weighted by Crippen LogP contribution is 2.03. The molecule has 1 aromatic rings. The Hall–Kier alpha value is -0.940. The Balaban J connectivity index is 0.00000784. The molecule has 9 heteroatoms. The van der Waals surface area contributed by atoms with E-state index in [0.29, 0.717) is 12.1 Å². The second-order valence-corrected chi connectivity index (χ2v) is 7.35. The van der Waals surface area contributed by atoms with E-state index in [0.717, 1.165) is 70.6 Å². The fourth-order valence-electron chi connectivity index (χ4n) is 3.13. The maximum absolute atomic E-state index is 5.40. The molecule has 1 aromatic heterocycles. The maximum atomic E-state index is 5.40. The Bertz CT molecular complexity index is 541. The predicted octanol–water partition coefficient (Wildman–Crippen LogP) is 2.54. The number of hydrogen-bond donors (Lipinski definition) is 2. The van der Waals surface area contributed by atoms with Crippen LogP contribution in [-0.4, -0.2) is 77.1 Å². The topological polar surface area (TPSA) is 79.6 Å². The smallest absolute Gasteiger partial charge is 0.191 e. The molecule has 0 aromatic carbocycles. The third kappa shape index (κ3) is 11.7. The first-order chi connectivity index (χ1) is 13.5. The molecule has 1 heterocycles. The van der Waals surface area contributed by atoms with E-state index in [1.165, 1.54) is 0 Å². The molecule has 0 amide bonds. The van der Waals surface area contributed by atoms with Gasteiger partial charge < -0.3 is 19.9 Å². The zero-order chi connectivity index (χ0) is 20.8. The van der Waals surface area contributed by atoms with Crippen molar-refractivity contribution in [3.63, 3.8) is 0 Å². The van der Waals surface area contributed by atoms with Crippen molar-refractivity contribution < 1.29 is 4.74 Å². The van der Waals surface area contributed by atoms with E-state index < -0.39 is 0 Å². The lowest BCUT2D eigenvalue weighted by Crippen LogP contribution is -2.46. The SMILES string of the molecule is CCOCCCN=C(NCCN(C(C)C)C(C)C)NCCn1cnnc1CC.I. The highest BCUT2D eigenvalue weighted by atomic mass is 127. The monoisotopic (exact) mass is 523 g/mol. The molecule has 0 unspecified atom stereocenters. The summed E-state index contributed by atoms with van der Waals surface area (Å²) in [5.41, 5.74) is 0. The van der Waals surface area contributed by atoms with E-state index in [4.69, 9.17) is 9.73 Å². The number of nitrogens with one attached hydrogen (secondary N) is 2. The molecule has 170 valence electrons. The Morgan fingerprint density at radius 1 is 1.17 bits per heavy atom. The highest BCUT2D eigenvalue weighted by molar-refractivity contribution is 14.0. The quantitative estimate of drug-likeness (QED) is 0.169. The van der Waals surface area contributed by atoms with Gasteiger partial charge in [-0.1, -0.05) is 6.92 Å². The van der Waals surface area contributed by atoms with Gasteiger partial charge in [-0.05, 0) is 41.0 Å². The summed E-state index contributed by atoms with van der Waals surface area (Å²) in [6, 6.07) is 1.06. The van der Waals surface area contributed by atoms with Crippen LogP contribution in [0.2, 0.25) is 0 Å². The molecule has 0 saturated heterocycles. The highest BCUT2D eigenvalue weighted by Gasteiger charge is 2.12. The van der Waals surface area contributed by atoms with Gasteiger partial charge in [0.1, 0.15) is 12.2 Å². The summed E-state index contributed by atoms with van der Waals surface area (Å²) in [6.07, 6.45) is 3.60. The van der Waals surface area contributed by atoms with Gasteiger partial charge in [-0.15, -0.1) is 34.2 Å². The van der Waals surface area contributed by atoms with Crippen LogP contribution in [0.1, 0.15) is 53.8 Å². The molecule has 0 fully saturated rings. The lowest BCUT2D eigenvalue weighted by atomic mass is 10.2. The third-order valence-electron chi connectivity index (χ3n) is 4.57. The third-order valence-corrected chi connectivity index (χ3v) is 4.57. The van der Waals surface area contributed by atoms with Gasteiger partial charge in [0.25, 0.3) is 0 Å². The summed E-state index contributed by atoms with van der Waals surface area (Å²) < 4.78 is 7.48. The second kappa shape index (κ2) is 16.8. The number of hydrogen-bond acceptors (Lipinski definition) is 5. The number of aryl methyl sites for hydroxylation is 1. The Morgan fingerprint density at radius 2 is 1.86 bits per heavy atom. The number of halogens is 1. The first-order valence-electron chi connectivity index (χ1n) is 10.7. The summed E-state index contributed by atoms with van der Waals surface area (Å²) >= 11 is 0. The van der Waals surface area contributed by atoms with Gasteiger partial charge in [-0.2, -0.15) is 0 Å². The second-order valence-electron chi connectivity index (χ2n) is 7.35. The van der Waals surface area contributed by atoms with Crippen LogP contribution in [-0.2, 0) is 17.7 Å². The van der Waals surface area contributed by atoms with Crippen LogP contribution in [0.5, 0.6) is 0 Å². The Kier molecular flexibility index (Phi) is 16.3. The van der Waals surface area contributed by atoms with Gasteiger partial charge in [0.05, 0.1) is 0 Å². The molecule has 0 aliphatic carbocycles. The summed E-state index contributed by atoms with van der Waals surface area (Å²) in [5.74, 6) is 1.87. The normalized spacial score (nSPS) is 12.0. The predicted molar refractivity (Wildman–Crippen MR) is 131 cm³/mol. The van der Waals surface area contributed by atoms with Crippen molar-refractivity contribution in [1.82, 2.24) is 30.3 Å². The molecule has 0 aliphatic heterocycles. The molecule has 0 radical (unpaired) electrons. The van der Waals surface area contributed by atoms with E-state index >= 15 is 0 Å². The summed E-state index contributed by atoms with van der Waals surface area (Å²) in [5, 5.41) is 15.0. The number of nitrogens with zero attached hydrogens (tertiary/aromatic N) is 5. The number of ether oxygens (including phenoxy) is 1. The molecular weight excluding hydrogens is 481 g/mol. The van der Waals surface area contributed by atoms with Gasteiger partial charge in [0.2, 0.25) is 0 Å². The zero-order valence-electron chi connectivity index (χ0n) is 19.1. The average molecular weight is 524 g/mol. The lowest BCUT2D eigenvalue weighted by Gasteiger charge is -2.30. The van der Waals surface area contributed by atoms with Crippen LogP contribution in [0.4, 0.5) is 0 Å². The molecule has 29 heavy (non-hydrogen) atoms. The zero-order valence-corrected chi connectivity index (χ0v) is 21.5. The molecule has 0 aliphatic rings. The largest absolute Gasteiger partial charge is 0.382 e. The van der Waals surface area contributed by atoms with Crippen LogP contribution in [0.25, 0.3) is 0 Å². The van der Waals surface area contributed by atoms with Crippen molar-refractivity contribution >= 4 is 29.9 Å². The molecular formula is C20H42IN7O. The van der Waals surface area contributed by atoms with E-state index in [9.17, 15) is 0 Å². The number of aromatic nitrogens is 3. The number of aliphatic imine (C=N–C) groups is 1. The van der Waals surface area contributed by atoms with Gasteiger partial charge in [-0.25, -0.2) is 0 Å². The van der Waals surface area contributed by atoms with Gasteiger partial charge in [0, 0.05) is 64.4 Å². The van der Waals surface area contributed by atoms with E-state index in [-0.39, 0.29) is 24.0 Å². The standard InChI is InChI=1S/C20H41N7O.HI/c1-7-19-25-24-16-26(19)13-11-22-20(21-10-9-15-28-8-2)23-12-14-27(17(3)4)18(5)6;/h16-18H,7-15H2,1-6H3,(H2,21,22,23);1H. The minimum atomic E-state index is 0. The molecule has 8 nitrogen and oxygen atoms in total. The van der Waals surface area contributed by atoms with Gasteiger partial charge >= 0.3 is 0 Å². The molecule has 0 atom stereocenters. The molecule has 0 bridgehead atoms. The van der Waals surface area contributed by atoms with E-state index in [1.807, 2.05) is 6.92 Å². The number of rotatable bonds is 14. The van der Waals surface area contributed by atoms with Crippen LogP contribution >= 0.6 is 24.0 Å². The first kappa shape index (κ1) is 28.1. The van der Waals surface area contributed by atoms with Gasteiger partial charge in [-0.3, -0.25) is 9.89 Å². The maximum Gasteiger partial charge on any atom is 0.191 e. The van der Waals surface area contributed by atoms with Crippen LogP contribution in [0.15, 0.2) is 11.3 Å². The van der Waals surface area contributed by atoms with Crippen molar-refractivity contribution in [2.24, 2.45) is 4.99 Å². The Morgan fingerprint density at radius 3 is 2.48 bits per heavy atom. The first-order valence-corrected chi connectivity index (χ1v) is 10.7. The van der Waals surface area contributed by atoms with E-state index in [2.05, 4.69) is 64.9 Å². The van der Waals surface area contributed by atoms with Crippen LogP contribution in [0.3, 0.4) is 0 Å². The summed E-state index contributed by atoms with van der Waals surface area (Å²) in [7, 11) is 0. The minimum absolute atomic E-state index is 0. The minimum Gasteiger partial charge on any atom is -0.382 e. The van der Waals surface area contributed by atoms with Crippen molar-refractivity contribution in [3.8, 4) is 0 Å². The van der Waals surface area contributed by atoms with Crippen molar-refractivity contribution in [1.29, 1.82) is 0 Å². The van der Waals surface area contributed by atoms with Crippen molar-refractivity contribution in [2.45, 2.75) is 73.0 Å².